The molecule has 1 atom stereocenters. The molecule has 33 heavy (non-hydrogen) atoms. The highest BCUT2D eigenvalue weighted by Crippen LogP contribution is 2.35. The summed E-state index contributed by atoms with van der Waals surface area (Å²) in [4.78, 5) is 37.2. The van der Waals surface area contributed by atoms with Crippen LogP contribution in [0.3, 0.4) is 0 Å². The molecule has 170 valence electrons. The van der Waals surface area contributed by atoms with Crippen LogP contribution in [0.25, 0.3) is 10.2 Å². The Morgan fingerprint density at radius 2 is 1.88 bits per heavy atom. The van der Waals surface area contributed by atoms with Crippen molar-refractivity contribution in [1.29, 1.82) is 0 Å². The van der Waals surface area contributed by atoms with Gasteiger partial charge in [0.25, 0.3) is 11.8 Å². The first-order valence-electron chi connectivity index (χ1n) is 9.26. The molecular weight excluding hydrogens is 499 g/mol. The van der Waals surface area contributed by atoms with E-state index in [9.17, 15) is 22.8 Å². The second-order valence-corrected chi connectivity index (χ2v) is 9.15. The number of carbonyl (C=O) groups is 2. The Bertz CT molecular complexity index is 1350. The maximum Gasteiger partial charge on any atom is 0.418 e. The maximum absolute atomic E-state index is 13.0. The molecule has 1 aromatic carbocycles. The number of aromatic nitrogens is 3. The van der Waals surface area contributed by atoms with Crippen molar-refractivity contribution in [1.82, 2.24) is 20.3 Å². The molecule has 0 fully saturated rings. The van der Waals surface area contributed by atoms with Gasteiger partial charge in [0.1, 0.15) is 15.7 Å². The van der Waals surface area contributed by atoms with Gasteiger partial charge in [0.15, 0.2) is 0 Å². The molecular formula is C20H13ClF3N5O2S2. The molecule has 0 radical (unpaired) electrons. The topological polar surface area (TPSA) is 96.9 Å². The number of nitrogens with zero attached hydrogens (tertiary/aromatic N) is 3. The number of anilines is 1. The predicted octanol–water partition coefficient (Wildman–Crippen LogP) is 5.56. The quantitative estimate of drug-likeness (QED) is 0.365. The van der Waals surface area contributed by atoms with Gasteiger partial charge in [-0.25, -0.2) is 15.0 Å². The van der Waals surface area contributed by atoms with E-state index in [0.717, 1.165) is 27.8 Å². The van der Waals surface area contributed by atoms with Crippen LogP contribution >= 0.6 is 34.3 Å². The highest BCUT2D eigenvalue weighted by Gasteiger charge is 2.34. The molecule has 7 nitrogen and oxygen atoms in total. The number of halogens is 4. The Hall–Kier alpha value is -3.09. The van der Waals surface area contributed by atoms with Crippen LogP contribution in [0.4, 0.5) is 19.0 Å². The number of pyridine rings is 1. The molecule has 0 spiro atoms. The zero-order chi connectivity index (χ0) is 23.8. The standard InChI is InChI=1S/C20H13ClF3N5O2S2/c1-9(28-17(30)10-2-3-13-14(4-10)32-8-27-13)19-26-7-15(33-19)18(31)29-16-5-11(20(22,23)24)12(21)6-25-16/h2-9H,1H3,(H,28,30)(H,25,29,31)/t9-/m1/s1. The molecule has 0 saturated carbocycles. The third-order valence-corrected chi connectivity index (χ3v) is 6.73. The molecule has 0 aliphatic rings. The molecule has 0 saturated heterocycles. The maximum atomic E-state index is 13.0. The average molecular weight is 512 g/mol. The summed E-state index contributed by atoms with van der Waals surface area (Å²) in [5, 5.41) is 4.99. The summed E-state index contributed by atoms with van der Waals surface area (Å²) in [6.45, 7) is 1.71. The van der Waals surface area contributed by atoms with E-state index in [0.29, 0.717) is 16.6 Å². The number of benzene rings is 1. The van der Waals surface area contributed by atoms with Crippen molar-refractivity contribution in [2.45, 2.75) is 19.1 Å². The minimum atomic E-state index is -4.69. The van der Waals surface area contributed by atoms with Gasteiger partial charge in [0, 0.05) is 11.8 Å². The zero-order valence-corrected chi connectivity index (χ0v) is 19.0. The highest BCUT2D eigenvalue weighted by molar-refractivity contribution is 7.16. The average Bonchev–Trinajstić information content (AvgIpc) is 3.43. The molecule has 0 aliphatic heterocycles. The number of fused-ring (bicyclic) bond motifs is 1. The highest BCUT2D eigenvalue weighted by atomic mass is 35.5. The van der Waals surface area contributed by atoms with Crippen molar-refractivity contribution >= 4 is 62.1 Å². The van der Waals surface area contributed by atoms with Crippen LogP contribution in [0.2, 0.25) is 5.02 Å². The lowest BCUT2D eigenvalue weighted by Gasteiger charge is -2.11. The minimum absolute atomic E-state index is 0.141. The molecule has 2 N–H and O–H groups in total. The van der Waals surface area contributed by atoms with E-state index in [1.807, 2.05) is 0 Å². The van der Waals surface area contributed by atoms with E-state index in [2.05, 4.69) is 25.6 Å². The predicted molar refractivity (Wildman–Crippen MR) is 120 cm³/mol. The molecule has 0 aliphatic carbocycles. The SMILES string of the molecule is C[C@@H](NC(=O)c1ccc2ncsc2c1)c1ncc(C(=O)Nc2cc(C(F)(F)F)c(Cl)cn2)s1. The fourth-order valence-electron chi connectivity index (χ4n) is 2.83. The third-order valence-electron chi connectivity index (χ3n) is 4.46. The fourth-order valence-corrected chi connectivity index (χ4v) is 4.58. The van der Waals surface area contributed by atoms with Crippen molar-refractivity contribution in [3.05, 3.63) is 68.2 Å². The molecule has 3 aromatic heterocycles. The Labute approximate surface area is 197 Å². The van der Waals surface area contributed by atoms with Gasteiger partial charge in [-0.1, -0.05) is 11.6 Å². The number of nitrogens with one attached hydrogen (secondary N) is 2. The van der Waals surface area contributed by atoms with E-state index >= 15 is 0 Å². The number of alkyl halides is 3. The largest absolute Gasteiger partial charge is 0.418 e. The molecule has 13 heteroatoms. The molecule has 0 unspecified atom stereocenters. The molecule has 4 aromatic rings. The normalized spacial score (nSPS) is 12.5. The van der Waals surface area contributed by atoms with E-state index in [1.165, 1.54) is 17.5 Å². The second kappa shape index (κ2) is 9.04. The fraction of sp³-hybridized carbons (Fsp3) is 0.150. The van der Waals surface area contributed by atoms with Crippen LogP contribution in [0.5, 0.6) is 0 Å². The Kier molecular flexibility index (Phi) is 6.32. The van der Waals surface area contributed by atoms with E-state index in [4.69, 9.17) is 11.6 Å². The Morgan fingerprint density at radius 1 is 1.09 bits per heavy atom. The molecule has 2 amide bonds. The number of carbonyl (C=O) groups excluding carboxylic acids is 2. The van der Waals surface area contributed by atoms with Crippen LogP contribution in [0.15, 0.2) is 42.2 Å². The number of amides is 2. The first-order chi connectivity index (χ1) is 15.6. The van der Waals surface area contributed by atoms with Crippen LogP contribution < -0.4 is 10.6 Å². The monoisotopic (exact) mass is 511 g/mol. The van der Waals surface area contributed by atoms with Gasteiger partial charge in [-0.3, -0.25) is 9.59 Å². The minimum Gasteiger partial charge on any atom is -0.343 e. The van der Waals surface area contributed by atoms with Gasteiger partial charge in [0.2, 0.25) is 0 Å². The lowest BCUT2D eigenvalue weighted by Crippen LogP contribution is -2.26. The first kappa shape index (κ1) is 23.1. The van der Waals surface area contributed by atoms with Crippen molar-refractivity contribution in [3.63, 3.8) is 0 Å². The van der Waals surface area contributed by atoms with Gasteiger partial charge < -0.3 is 10.6 Å². The summed E-state index contributed by atoms with van der Waals surface area (Å²) in [6, 6.07) is 5.31. The van der Waals surface area contributed by atoms with Crippen molar-refractivity contribution in [3.8, 4) is 0 Å². The van der Waals surface area contributed by atoms with E-state index < -0.39 is 28.7 Å². The number of hydrogen-bond donors (Lipinski definition) is 2. The number of rotatable bonds is 5. The van der Waals surface area contributed by atoms with Crippen molar-refractivity contribution in [2.75, 3.05) is 5.32 Å². The van der Waals surface area contributed by atoms with Crippen LogP contribution in [0.1, 0.15) is 43.6 Å². The summed E-state index contributed by atoms with van der Waals surface area (Å²) < 4.78 is 39.9. The Morgan fingerprint density at radius 3 is 2.64 bits per heavy atom. The van der Waals surface area contributed by atoms with Crippen molar-refractivity contribution in [2.24, 2.45) is 0 Å². The van der Waals surface area contributed by atoms with Gasteiger partial charge >= 0.3 is 6.18 Å². The Balaban J connectivity index is 1.43. The van der Waals surface area contributed by atoms with Crippen LogP contribution in [-0.2, 0) is 6.18 Å². The second-order valence-electron chi connectivity index (χ2n) is 6.79. The number of hydrogen-bond acceptors (Lipinski definition) is 7. The summed E-state index contributed by atoms with van der Waals surface area (Å²) in [7, 11) is 0. The molecule has 3 heterocycles. The van der Waals surface area contributed by atoms with E-state index in [1.54, 1.807) is 30.6 Å². The third kappa shape index (κ3) is 5.13. The molecule has 0 bridgehead atoms. The van der Waals surface area contributed by atoms with Crippen molar-refractivity contribution < 1.29 is 22.8 Å². The lowest BCUT2D eigenvalue weighted by atomic mass is 10.2. The van der Waals surface area contributed by atoms with Gasteiger partial charge in [-0.05, 0) is 31.2 Å². The first-order valence-corrected chi connectivity index (χ1v) is 11.3. The lowest BCUT2D eigenvalue weighted by molar-refractivity contribution is -0.137. The van der Waals surface area contributed by atoms with Crippen LogP contribution in [-0.4, -0.2) is 26.8 Å². The van der Waals surface area contributed by atoms with Gasteiger partial charge in [-0.2, -0.15) is 13.2 Å². The molecule has 4 rings (SSSR count). The number of thiazole rings is 2. The zero-order valence-electron chi connectivity index (χ0n) is 16.6. The summed E-state index contributed by atoms with van der Waals surface area (Å²) >= 11 is 7.97. The summed E-state index contributed by atoms with van der Waals surface area (Å²) in [5.41, 5.74) is 1.85. The summed E-state index contributed by atoms with van der Waals surface area (Å²) in [5.74, 6) is -1.30. The smallest absolute Gasteiger partial charge is 0.343 e. The van der Waals surface area contributed by atoms with E-state index in [-0.39, 0.29) is 16.6 Å². The van der Waals surface area contributed by atoms with Gasteiger partial charge in [0.05, 0.1) is 38.6 Å². The van der Waals surface area contributed by atoms with Crippen LogP contribution in [0, 0.1) is 0 Å². The van der Waals surface area contributed by atoms with Gasteiger partial charge in [-0.15, -0.1) is 22.7 Å². The summed E-state index contributed by atoms with van der Waals surface area (Å²) in [6.07, 6.45) is -2.59.